The minimum atomic E-state index is -0.432. The van der Waals surface area contributed by atoms with Gasteiger partial charge in [-0.15, -0.1) is 0 Å². The third kappa shape index (κ3) is 4.03. The van der Waals surface area contributed by atoms with Crippen molar-refractivity contribution in [3.8, 4) is 11.6 Å². The van der Waals surface area contributed by atoms with E-state index in [2.05, 4.69) is 19.8 Å². The Balaban J connectivity index is 1.43. The molecule has 5 nitrogen and oxygen atoms in total. The number of aromatic nitrogens is 2. The number of piperazine rings is 1. The quantitative estimate of drug-likeness (QED) is 0.677. The molecule has 0 unspecified atom stereocenters. The van der Waals surface area contributed by atoms with Crippen molar-refractivity contribution in [3.63, 3.8) is 0 Å². The SMILES string of the molecule is Cc1ccc(F)c(Oc2cc(N3CCN(c4ccc(F)cc4)CC3)ncn2)c1. The van der Waals surface area contributed by atoms with Gasteiger partial charge in [-0.25, -0.2) is 18.7 Å². The summed E-state index contributed by atoms with van der Waals surface area (Å²) in [4.78, 5) is 12.8. The molecule has 28 heavy (non-hydrogen) atoms. The average Bonchev–Trinajstić information content (AvgIpc) is 2.72. The largest absolute Gasteiger partial charge is 0.436 e. The number of nitrogens with zero attached hydrogens (tertiary/aromatic N) is 4. The fourth-order valence-corrected chi connectivity index (χ4v) is 3.21. The Kier molecular flexibility index (Phi) is 5.06. The van der Waals surface area contributed by atoms with Gasteiger partial charge in [-0.05, 0) is 48.9 Å². The summed E-state index contributed by atoms with van der Waals surface area (Å²) < 4.78 is 32.7. The van der Waals surface area contributed by atoms with Crippen LogP contribution in [-0.2, 0) is 0 Å². The van der Waals surface area contributed by atoms with Gasteiger partial charge in [0.2, 0.25) is 5.88 Å². The van der Waals surface area contributed by atoms with Crippen LogP contribution in [0.1, 0.15) is 5.56 Å². The van der Waals surface area contributed by atoms with E-state index in [1.165, 1.54) is 24.5 Å². The molecular weight excluding hydrogens is 362 g/mol. The molecule has 1 aliphatic heterocycles. The Morgan fingerprint density at radius 2 is 1.57 bits per heavy atom. The molecule has 1 saturated heterocycles. The van der Waals surface area contributed by atoms with Crippen molar-refractivity contribution in [1.82, 2.24) is 9.97 Å². The predicted octanol–water partition coefficient (Wildman–Crippen LogP) is 4.18. The normalized spacial score (nSPS) is 14.2. The third-order valence-electron chi connectivity index (χ3n) is 4.72. The van der Waals surface area contributed by atoms with Crippen LogP contribution in [0.15, 0.2) is 54.9 Å². The molecule has 0 amide bonds. The van der Waals surface area contributed by atoms with Gasteiger partial charge in [-0.1, -0.05) is 6.07 Å². The van der Waals surface area contributed by atoms with Crippen LogP contribution in [-0.4, -0.2) is 36.1 Å². The molecule has 7 heteroatoms. The van der Waals surface area contributed by atoms with Crippen molar-refractivity contribution in [2.45, 2.75) is 6.92 Å². The van der Waals surface area contributed by atoms with Crippen molar-refractivity contribution >= 4 is 11.5 Å². The molecule has 1 fully saturated rings. The van der Waals surface area contributed by atoms with E-state index < -0.39 is 5.82 Å². The minimum absolute atomic E-state index is 0.144. The van der Waals surface area contributed by atoms with E-state index in [1.807, 2.05) is 6.92 Å². The van der Waals surface area contributed by atoms with Crippen LogP contribution < -0.4 is 14.5 Å². The molecule has 4 rings (SSSR count). The summed E-state index contributed by atoms with van der Waals surface area (Å²) in [6.07, 6.45) is 1.42. The molecule has 0 atom stereocenters. The zero-order valence-electron chi connectivity index (χ0n) is 15.5. The lowest BCUT2D eigenvalue weighted by Crippen LogP contribution is -2.46. The molecule has 0 bridgehead atoms. The number of hydrogen-bond acceptors (Lipinski definition) is 5. The number of anilines is 2. The number of rotatable bonds is 4. The summed E-state index contributed by atoms with van der Waals surface area (Å²) in [5.74, 6) is 0.512. The van der Waals surface area contributed by atoms with E-state index in [1.54, 1.807) is 30.3 Å². The first-order chi connectivity index (χ1) is 13.6. The topological polar surface area (TPSA) is 41.5 Å². The highest BCUT2D eigenvalue weighted by molar-refractivity contribution is 5.50. The Bertz CT molecular complexity index is 957. The number of halogens is 2. The number of benzene rings is 2. The molecule has 3 aromatic rings. The predicted molar refractivity (Wildman–Crippen MR) is 104 cm³/mol. The smallest absolute Gasteiger partial charge is 0.224 e. The van der Waals surface area contributed by atoms with Gasteiger partial charge in [-0.2, -0.15) is 0 Å². The van der Waals surface area contributed by atoms with Crippen LogP contribution >= 0.6 is 0 Å². The Labute approximate surface area is 162 Å². The van der Waals surface area contributed by atoms with Gasteiger partial charge in [0, 0.05) is 37.9 Å². The molecule has 144 valence electrons. The number of aryl methyl sites for hydroxylation is 1. The molecule has 1 aliphatic rings. The molecule has 0 aliphatic carbocycles. The first kappa shape index (κ1) is 18.2. The molecule has 0 radical (unpaired) electrons. The van der Waals surface area contributed by atoms with Crippen molar-refractivity contribution in [2.24, 2.45) is 0 Å². The maximum absolute atomic E-state index is 13.9. The van der Waals surface area contributed by atoms with Gasteiger partial charge >= 0.3 is 0 Å². The van der Waals surface area contributed by atoms with Gasteiger partial charge in [0.25, 0.3) is 0 Å². The van der Waals surface area contributed by atoms with Gasteiger partial charge in [0.1, 0.15) is 18.0 Å². The van der Waals surface area contributed by atoms with Crippen LogP contribution in [0.3, 0.4) is 0 Å². The van der Waals surface area contributed by atoms with Crippen molar-refractivity contribution in [3.05, 3.63) is 72.1 Å². The van der Waals surface area contributed by atoms with Crippen LogP contribution in [0.4, 0.5) is 20.3 Å². The summed E-state index contributed by atoms with van der Waals surface area (Å²) in [5.41, 5.74) is 1.91. The van der Waals surface area contributed by atoms with Gasteiger partial charge in [0.05, 0.1) is 0 Å². The lowest BCUT2D eigenvalue weighted by molar-refractivity contribution is 0.426. The third-order valence-corrected chi connectivity index (χ3v) is 4.72. The average molecular weight is 382 g/mol. The van der Waals surface area contributed by atoms with E-state index in [0.29, 0.717) is 5.88 Å². The summed E-state index contributed by atoms with van der Waals surface area (Å²) in [6.45, 7) is 4.97. The molecule has 0 N–H and O–H groups in total. The highest BCUT2D eigenvalue weighted by atomic mass is 19.1. The summed E-state index contributed by atoms with van der Waals surface area (Å²) >= 11 is 0. The second kappa shape index (κ2) is 7.80. The second-order valence-corrected chi connectivity index (χ2v) is 6.70. The standard InChI is InChI=1S/C21H20F2N4O/c1-15-2-7-18(23)19(12-15)28-21-13-20(24-14-25-21)27-10-8-26(9-11-27)17-5-3-16(22)4-6-17/h2-7,12-14H,8-11H2,1H3. The molecule has 0 saturated carbocycles. The molecular formula is C21H20F2N4O. The summed E-state index contributed by atoms with van der Waals surface area (Å²) in [6, 6.07) is 12.9. The highest BCUT2D eigenvalue weighted by Crippen LogP contribution is 2.26. The number of ether oxygens (including phenoxy) is 1. The van der Waals surface area contributed by atoms with Crippen LogP contribution in [0.5, 0.6) is 11.6 Å². The van der Waals surface area contributed by atoms with E-state index in [0.717, 1.165) is 43.2 Å². The fourth-order valence-electron chi connectivity index (χ4n) is 3.21. The van der Waals surface area contributed by atoms with E-state index in [9.17, 15) is 8.78 Å². The zero-order chi connectivity index (χ0) is 19.5. The Morgan fingerprint density at radius 1 is 0.857 bits per heavy atom. The Hall–Kier alpha value is -3.22. The van der Waals surface area contributed by atoms with Crippen LogP contribution in [0.25, 0.3) is 0 Å². The lowest BCUT2D eigenvalue weighted by atomic mass is 10.2. The van der Waals surface area contributed by atoms with Gasteiger partial charge < -0.3 is 14.5 Å². The second-order valence-electron chi connectivity index (χ2n) is 6.70. The Morgan fingerprint density at radius 3 is 2.32 bits per heavy atom. The fraction of sp³-hybridized carbons (Fsp3) is 0.238. The molecule has 2 aromatic carbocycles. The lowest BCUT2D eigenvalue weighted by Gasteiger charge is -2.36. The van der Waals surface area contributed by atoms with Crippen molar-refractivity contribution < 1.29 is 13.5 Å². The monoisotopic (exact) mass is 382 g/mol. The maximum atomic E-state index is 13.9. The molecule has 0 spiro atoms. The van der Waals surface area contributed by atoms with Crippen molar-refractivity contribution in [1.29, 1.82) is 0 Å². The van der Waals surface area contributed by atoms with Gasteiger partial charge in [-0.3, -0.25) is 0 Å². The van der Waals surface area contributed by atoms with E-state index in [-0.39, 0.29) is 11.6 Å². The van der Waals surface area contributed by atoms with Crippen molar-refractivity contribution in [2.75, 3.05) is 36.0 Å². The minimum Gasteiger partial charge on any atom is -0.436 e. The van der Waals surface area contributed by atoms with Crippen LogP contribution in [0.2, 0.25) is 0 Å². The van der Waals surface area contributed by atoms with E-state index in [4.69, 9.17) is 4.74 Å². The van der Waals surface area contributed by atoms with Crippen LogP contribution in [0, 0.1) is 18.6 Å². The summed E-state index contributed by atoms with van der Waals surface area (Å²) in [5, 5.41) is 0. The molecule has 1 aromatic heterocycles. The maximum Gasteiger partial charge on any atom is 0.224 e. The zero-order valence-corrected chi connectivity index (χ0v) is 15.5. The first-order valence-corrected chi connectivity index (χ1v) is 9.10. The first-order valence-electron chi connectivity index (χ1n) is 9.10. The van der Waals surface area contributed by atoms with Gasteiger partial charge in [0.15, 0.2) is 11.6 Å². The molecule has 2 heterocycles. The summed E-state index contributed by atoms with van der Waals surface area (Å²) in [7, 11) is 0. The highest BCUT2D eigenvalue weighted by Gasteiger charge is 2.19. The van der Waals surface area contributed by atoms with E-state index >= 15 is 0 Å². The number of hydrogen-bond donors (Lipinski definition) is 0.